The van der Waals surface area contributed by atoms with Gasteiger partial charge in [-0.15, -0.1) is 11.8 Å². The van der Waals surface area contributed by atoms with Crippen LogP contribution in [0.5, 0.6) is 0 Å². The smallest absolute Gasteiger partial charge is 0.228 e. The molecule has 1 spiro atoms. The van der Waals surface area contributed by atoms with Gasteiger partial charge in [0.15, 0.2) is 0 Å². The highest BCUT2D eigenvalue weighted by Crippen LogP contribution is 2.61. The first kappa shape index (κ1) is 18.7. The molecule has 4 bridgehead atoms. The number of likely N-dealkylation sites (tertiary alicyclic amines) is 1. The summed E-state index contributed by atoms with van der Waals surface area (Å²) in [5, 5.41) is 0. The predicted octanol–water partition coefficient (Wildman–Crippen LogP) is 4.21. The molecule has 5 heteroatoms. The van der Waals surface area contributed by atoms with Crippen molar-refractivity contribution < 1.29 is 9.53 Å². The Balaban J connectivity index is 1.04. The summed E-state index contributed by atoms with van der Waals surface area (Å²) in [4.78, 5) is 20.3. The Labute approximate surface area is 178 Å². The molecule has 2 aliphatic heterocycles. The molecule has 29 heavy (non-hydrogen) atoms. The maximum atomic E-state index is 13.5. The number of ether oxygens (including phenoxy) is 1. The highest BCUT2D eigenvalue weighted by Gasteiger charge is 2.59. The van der Waals surface area contributed by atoms with Gasteiger partial charge in [-0.2, -0.15) is 0 Å². The maximum absolute atomic E-state index is 13.5. The van der Waals surface area contributed by atoms with Gasteiger partial charge in [0.2, 0.25) is 5.91 Å². The van der Waals surface area contributed by atoms with Crippen LogP contribution in [0.25, 0.3) is 0 Å². The Bertz CT molecular complexity index is 784. The summed E-state index contributed by atoms with van der Waals surface area (Å²) < 4.78 is 6.44. The maximum Gasteiger partial charge on any atom is 0.228 e. The number of hydrogen-bond acceptors (Lipinski definition) is 4. The summed E-state index contributed by atoms with van der Waals surface area (Å²) >= 11 is 2.04. The van der Waals surface area contributed by atoms with Crippen LogP contribution in [0.3, 0.4) is 0 Å². The first-order chi connectivity index (χ1) is 14.0. The largest absolute Gasteiger partial charge is 0.371 e. The molecule has 156 valence electrons. The lowest BCUT2D eigenvalue weighted by Crippen LogP contribution is -2.65. The highest BCUT2D eigenvalue weighted by atomic mass is 32.2. The van der Waals surface area contributed by atoms with Crippen LogP contribution >= 0.6 is 11.8 Å². The fourth-order valence-electron chi connectivity index (χ4n) is 7.51. The first-order valence-corrected chi connectivity index (χ1v) is 12.5. The van der Waals surface area contributed by atoms with Gasteiger partial charge in [-0.05, 0) is 81.8 Å². The molecule has 0 aromatic carbocycles. The Kier molecular flexibility index (Phi) is 4.32. The number of nitrogens with zero attached hydrogens (tertiary/aromatic N) is 2. The standard InChI is InChI=1S/C24H32N2O2S/c1-16-3-2-4-20(25-16)12-28-21-11-24(29-13-21)14-26(15-24)22(27)23-8-17-5-18(9-23)7-19(6-17)10-23/h2-4,17-19,21H,5-15H2,1H3/t17?,18?,19?,21-,23?/m0/s1. The summed E-state index contributed by atoms with van der Waals surface area (Å²) in [5.41, 5.74) is 2.08. The molecule has 4 nitrogen and oxygen atoms in total. The number of amides is 1. The number of rotatable bonds is 4. The Morgan fingerprint density at radius 1 is 1.14 bits per heavy atom. The van der Waals surface area contributed by atoms with Crippen LogP contribution in [-0.2, 0) is 16.1 Å². The van der Waals surface area contributed by atoms with E-state index in [1.54, 1.807) is 0 Å². The van der Waals surface area contributed by atoms with E-state index in [1.807, 2.05) is 36.9 Å². The lowest BCUT2D eigenvalue weighted by molar-refractivity contribution is -0.163. The number of thioether (sulfide) groups is 1. The number of carbonyl (C=O) groups excluding carboxylic acids is 1. The van der Waals surface area contributed by atoms with Crippen molar-refractivity contribution in [3.8, 4) is 0 Å². The van der Waals surface area contributed by atoms with Crippen molar-refractivity contribution >= 4 is 17.7 Å². The number of pyridine rings is 1. The fourth-order valence-corrected chi connectivity index (χ4v) is 9.07. The zero-order chi connectivity index (χ0) is 19.6. The summed E-state index contributed by atoms with van der Waals surface area (Å²) in [6, 6.07) is 6.11. The molecule has 2 saturated heterocycles. The van der Waals surface area contributed by atoms with E-state index in [2.05, 4.69) is 9.88 Å². The minimum Gasteiger partial charge on any atom is -0.371 e. The minimum atomic E-state index is 0.0202. The molecule has 0 radical (unpaired) electrons. The number of carbonyl (C=O) groups is 1. The van der Waals surface area contributed by atoms with Gasteiger partial charge in [0.05, 0.1) is 28.6 Å². The Hall–Kier alpha value is -1.07. The van der Waals surface area contributed by atoms with E-state index >= 15 is 0 Å². The van der Waals surface area contributed by atoms with E-state index < -0.39 is 0 Å². The van der Waals surface area contributed by atoms with Gasteiger partial charge in [-0.3, -0.25) is 9.78 Å². The van der Waals surface area contributed by atoms with Crippen molar-refractivity contribution in [3.05, 3.63) is 29.6 Å². The number of aromatic nitrogens is 1. The van der Waals surface area contributed by atoms with Crippen molar-refractivity contribution in [1.82, 2.24) is 9.88 Å². The SMILES string of the molecule is Cc1cccc(CO[C@@H]2CSC3(C2)CN(C(=O)C24CC5CC(CC(C5)C2)C4)C3)n1. The average molecular weight is 413 g/mol. The molecule has 1 amide bonds. The van der Waals surface area contributed by atoms with E-state index in [0.29, 0.717) is 18.6 Å². The van der Waals surface area contributed by atoms with E-state index in [-0.39, 0.29) is 10.2 Å². The molecule has 6 aliphatic rings. The monoisotopic (exact) mass is 412 g/mol. The van der Waals surface area contributed by atoms with E-state index in [9.17, 15) is 4.79 Å². The van der Waals surface area contributed by atoms with E-state index in [4.69, 9.17) is 4.74 Å². The predicted molar refractivity (Wildman–Crippen MR) is 115 cm³/mol. The lowest BCUT2D eigenvalue weighted by Gasteiger charge is -2.59. The molecular formula is C24H32N2O2S. The van der Waals surface area contributed by atoms with Crippen LogP contribution in [-0.4, -0.2) is 45.5 Å². The third kappa shape index (κ3) is 3.23. The lowest BCUT2D eigenvalue weighted by atomic mass is 9.49. The molecule has 4 saturated carbocycles. The van der Waals surface area contributed by atoms with Crippen molar-refractivity contribution in [1.29, 1.82) is 0 Å². The van der Waals surface area contributed by atoms with E-state index in [1.165, 1.54) is 38.5 Å². The Morgan fingerprint density at radius 2 is 1.83 bits per heavy atom. The molecule has 7 rings (SSSR count). The third-order valence-electron chi connectivity index (χ3n) is 8.33. The van der Waals surface area contributed by atoms with Gasteiger partial charge in [0.25, 0.3) is 0 Å². The summed E-state index contributed by atoms with van der Waals surface area (Å²) in [6.07, 6.45) is 9.13. The highest BCUT2D eigenvalue weighted by molar-refractivity contribution is 8.01. The zero-order valence-corrected chi connectivity index (χ0v) is 18.3. The van der Waals surface area contributed by atoms with Crippen LogP contribution < -0.4 is 0 Å². The second kappa shape index (κ2) is 6.71. The Morgan fingerprint density at radius 3 is 2.48 bits per heavy atom. The second-order valence-corrected chi connectivity index (χ2v) is 12.2. The fraction of sp³-hybridized carbons (Fsp3) is 0.750. The van der Waals surface area contributed by atoms with Crippen LogP contribution in [0, 0.1) is 30.1 Å². The van der Waals surface area contributed by atoms with Crippen molar-refractivity contribution in [2.24, 2.45) is 23.2 Å². The van der Waals surface area contributed by atoms with Gasteiger partial charge in [-0.25, -0.2) is 0 Å². The molecule has 6 fully saturated rings. The molecular weight excluding hydrogens is 380 g/mol. The van der Waals surface area contributed by atoms with Gasteiger partial charge in [-0.1, -0.05) is 6.07 Å². The molecule has 1 aromatic heterocycles. The quantitative estimate of drug-likeness (QED) is 0.743. The van der Waals surface area contributed by atoms with Gasteiger partial charge in [0, 0.05) is 24.5 Å². The molecule has 1 atom stereocenters. The molecule has 0 N–H and O–H groups in total. The van der Waals surface area contributed by atoms with Gasteiger partial charge < -0.3 is 9.64 Å². The number of hydrogen-bond donors (Lipinski definition) is 0. The van der Waals surface area contributed by atoms with Crippen molar-refractivity contribution in [2.45, 2.75) is 69.3 Å². The van der Waals surface area contributed by atoms with Crippen molar-refractivity contribution in [2.75, 3.05) is 18.8 Å². The number of aryl methyl sites for hydroxylation is 1. The average Bonchev–Trinajstić information content (AvgIpc) is 3.08. The molecule has 4 aliphatic carbocycles. The summed E-state index contributed by atoms with van der Waals surface area (Å²) in [5.74, 6) is 4.08. The van der Waals surface area contributed by atoms with Gasteiger partial charge >= 0.3 is 0 Å². The van der Waals surface area contributed by atoms with Crippen LogP contribution in [0.4, 0.5) is 0 Å². The van der Waals surface area contributed by atoms with Crippen LogP contribution in [0.15, 0.2) is 18.2 Å². The minimum absolute atomic E-state index is 0.0202. The first-order valence-electron chi connectivity index (χ1n) is 11.5. The van der Waals surface area contributed by atoms with Crippen LogP contribution in [0.1, 0.15) is 56.3 Å². The summed E-state index contributed by atoms with van der Waals surface area (Å²) in [6.45, 7) is 4.51. The molecule has 1 aromatic rings. The second-order valence-electron chi connectivity index (χ2n) is 10.8. The van der Waals surface area contributed by atoms with Gasteiger partial charge in [0.1, 0.15) is 0 Å². The van der Waals surface area contributed by atoms with E-state index in [0.717, 1.165) is 54.4 Å². The van der Waals surface area contributed by atoms with Crippen molar-refractivity contribution in [3.63, 3.8) is 0 Å². The zero-order valence-electron chi connectivity index (χ0n) is 17.4. The molecule has 0 unspecified atom stereocenters. The van der Waals surface area contributed by atoms with Crippen LogP contribution in [0.2, 0.25) is 0 Å². The molecule has 3 heterocycles. The normalized spacial score (nSPS) is 39.1. The third-order valence-corrected chi connectivity index (χ3v) is 9.90. The topological polar surface area (TPSA) is 42.4 Å². The summed E-state index contributed by atoms with van der Waals surface area (Å²) in [7, 11) is 0.